The van der Waals surface area contributed by atoms with Crippen molar-refractivity contribution < 1.29 is 26.3 Å². The van der Waals surface area contributed by atoms with E-state index in [1.54, 1.807) is 24.3 Å². The van der Waals surface area contributed by atoms with Crippen LogP contribution in [-0.2, 0) is 22.6 Å². The number of fused-ring (bicyclic) bond motifs is 1. The first kappa shape index (κ1) is 22.4. The van der Waals surface area contributed by atoms with E-state index in [1.807, 2.05) is 31.2 Å². The molecule has 0 fully saturated rings. The fourth-order valence-electron chi connectivity index (χ4n) is 3.78. The fraction of sp³-hybridized carbons (Fsp3) is 0.250. The monoisotopic (exact) mass is 461 g/mol. The van der Waals surface area contributed by atoms with Gasteiger partial charge in [-0.15, -0.1) is 0 Å². The molecule has 0 saturated carbocycles. The molecule has 1 unspecified atom stereocenters. The van der Waals surface area contributed by atoms with E-state index in [9.17, 15) is 21.6 Å². The topological polar surface area (TPSA) is 46.6 Å². The van der Waals surface area contributed by atoms with E-state index in [0.717, 1.165) is 28.8 Å². The minimum atomic E-state index is -4.50. The molecule has 168 valence electrons. The van der Waals surface area contributed by atoms with Crippen LogP contribution in [0.25, 0.3) is 0 Å². The van der Waals surface area contributed by atoms with Crippen LogP contribution >= 0.6 is 0 Å². The van der Waals surface area contributed by atoms with E-state index in [0.29, 0.717) is 6.42 Å². The van der Waals surface area contributed by atoms with Gasteiger partial charge in [-0.2, -0.15) is 17.5 Å². The van der Waals surface area contributed by atoms with Crippen LogP contribution in [0, 0.1) is 6.92 Å². The van der Waals surface area contributed by atoms with Crippen molar-refractivity contribution in [2.24, 2.45) is 0 Å². The van der Waals surface area contributed by atoms with Crippen LogP contribution in [0.4, 0.5) is 13.2 Å². The van der Waals surface area contributed by atoms with Crippen molar-refractivity contribution in [1.82, 2.24) is 4.31 Å². The van der Waals surface area contributed by atoms with Gasteiger partial charge in [-0.25, -0.2) is 8.42 Å². The van der Waals surface area contributed by atoms with Gasteiger partial charge in [-0.3, -0.25) is 0 Å². The van der Waals surface area contributed by atoms with Crippen molar-refractivity contribution in [3.05, 3.63) is 95.1 Å². The molecule has 0 saturated heterocycles. The molecule has 0 bridgehead atoms. The lowest BCUT2D eigenvalue weighted by Crippen LogP contribution is -2.36. The first-order valence-electron chi connectivity index (χ1n) is 10.1. The van der Waals surface area contributed by atoms with Crippen molar-refractivity contribution in [1.29, 1.82) is 0 Å². The van der Waals surface area contributed by atoms with E-state index in [1.165, 1.54) is 16.4 Å². The molecule has 3 aromatic rings. The molecule has 1 heterocycles. The molecule has 4 rings (SSSR count). The summed E-state index contributed by atoms with van der Waals surface area (Å²) in [5.41, 5.74) is 1.80. The minimum absolute atomic E-state index is 0.0104. The minimum Gasteiger partial charge on any atom is -0.484 e. The molecule has 0 aliphatic carbocycles. The smallest absolute Gasteiger partial charge is 0.416 e. The van der Waals surface area contributed by atoms with Crippen molar-refractivity contribution in [2.45, 2.75) is 30.5 Å². The lowest BCUT2D eigenvalue weighted by molar-refractivity contribution is -0.137. The Balaban J connectivity index is 1.69. The molecule has 1 atom stereocenters. The molecular weight excluding hydrogens is 439 g/mol. The Morgan fingerprint density at radius 3 is 2.41 bits per heavy atom. The molecule has 8 heteroatoms. The van der Waals surface area contributed by atoms with Crippen molar-refractivity contribution >= 4 is 10.0 Å². The van der Waals surface area contributed by atoms with Crippen LogP contribution in [0.2, 0.25) is 0 Å². The van der Waals surface area contributed by atoms with E-state index in [2.05, 4.69) is 0 Å². The molecule has 0 amide bonds. The predicted molar refractivity (Wildman–Crippen MR) is 115 cm³/mol. The summed E-state index contributed by atoms with van der Waals surface area (Å²) in [5.74, 6) is 0.0363. The number of ether oxygens (including phenoxy) is 1. The van der Waals surface area contributed by atoms with Crippen molar-refractivity contribution in [3.63, 3.8) is 0 Å². The summed E-state index contributed by atoms with van der Waals surface area (Å²) in [4.78, 5) is 0.173. The van der Waals surface area contributed by atoms with Gasteiger partial charge >= 0.3 is 6.18 Å². The summed E-state index contributed by atoms with van der Waals surface area (Å²) in [7, 11) is -3.80. The Morgan fingerprint density at radius 1 is 0.969 bits per heavy atom. The third-order valence-electron chi connectivity index (χ3n) is 5.50. The second kappa shape index (κ2) is 8.60. The molecule has 1 aliphatic heterocycles. The zero-order valence-electron chi connectivity index (χ0n) is 17.3. The first-order valence-corrected chi connectivity index (χ1v) is 11.6. The fourth-order valence-corrected chi connectivity index (χ4v) is 5.23. The second-order valence-electron chi connectivity index (χ2n) is 7.76. The largest absolute Gasteiger partial charge is 0.484 e. The number of alkyl halides is 3. The van der Waals surface area contributed by atoms with E-state index >= 15 is 0 Å². The van der Waals surface area contributed by atoms with E-state index in [-0.39, 0.29) is 23.7 Å². The molecule has 0 N–H and O–H groups in total. The molecule has 1 aliphatic rings. The number of halogens is 3. The number of hydrogen-bond acceptors (Lipinski definition) is 3. The summed E-state index contributed by atoms with van der Waals surface area (Å²) < 4.78 is 73.4. The third kappa shape index (κ3) is 4.66. The number of nitrogens with zero attached hydrogens (tertiary/aromatic N) is 1. The van der Waals surface area contributed by atoms with Gasteiger partial charge in [-0.05, 0) is 54.8 Å². The number of benzene rings is 3. The molecule has 32 heavy (non-hydrogen) atoms. The second-order valence-corrected chi connectivity index (χ2v) is 9.69. The maximum absolute atomic E-state index is 13.3. The molecule has 0 radical (unpaired) electrons. The number of sulfonamides is 1. The van der Waals surface area contributed by atoms with Crippen LogP contribution in [0.3, 0.4) is 0 Å². The molecule has 0 aromatic heterocycles. The Bertz CT molecular complexity index is 1210. The lowest BCUT2D eigenvalue weighted by Gasteiger charge is -2.25. The Hall–Kier alpha value is -2.84. The maximum Gasteiger partial charge on any atom is 0.416 e. The third-order valence-corrected chi connectivity index (χ3v) is 7.38. The number of rotatable bonds is 4. The zero-order chi connectivity index (χ0) is 22.9. The van der Waals surface area contributed by atoms with E-state index in [4.69, 9.17) is 4.74 Å². The van der Waals surface area contributed by atoms with Gasteiger partial charge in [0, 0.05) is 6.54 Å². The van der Waals surface area contributed by atoms with Gasteiger partial charge in [0.15, 0.2) is 0 Å². The van der Waals surface area contributed by atoms with Crippen molar-refractivity contribution in [2.75, 3.05) is 13.1 Å². The summed E-state index contributed by atoms with van der Waals surface area (Å²) >= 11 is 0. The number of aryl methyl sites for hydroxylation is 1. The number of hydrogen-bond donors (Lipinski definition) is 0. The highest BCUT2D eigenvalue weighted by Gasteiger charge is 2.34. The van der Waals surface area contributed by atoms with Gasteiger partial charge in [0.25, 0.3) is 0 Å². The van der Waals surface area contributed by atoms with Crippen molar-refractivity contribution in [3.8, 4) is 5.75 Å². The lowest BCUT2D eigenvalue weighted by atomic mass is 10.0. The summed E-state index contributed by atoms with van der Waals surface area (Å²) in [6.45, 7) is 2.11. The van der Waals surface area contributed by atoms with Crippen LogP contribution in [0.5, 0.6) is 5.75 Å². The summed E-state index contributed by atoms with van der Waals surface area (Å²) in [6.07, 6.45) is -4.77. The molecular formula is C24H22F3NO3S. The van der Waals surface area contributed by atoms with Crippen LogP contribution in [-0.4, -0.2) is 25.8 Å². The van der Waals surface area contributed by atoms with Gasteiger partial charge in [0.2, 0.25) is 10.0 Å². The van der Waals surface area contributed by atoms with Crippen LogP contribution in [0.1, 0.15) is 28.4 Å². The van der Waals surface area contributed by atoms with Crippen LogP contribution < -0.4 is 4.74 Å². The quantitative estimate of drug-likeness (QED) is 0.524. The van der Waals surface area contributed by atoms with Gasteiger partial charge in [-0.1, -0.05) is 48.0 Å². The Kier molecular flexibility index (Phi) is 6.01. The highest BCUT2D eigenvalue weighted by Crippen LogP contribution is 2.35. The SMILES string of the molecule is Cc1ccc(S(=O)(=O)N2CCc3ccccc3C(Oc3cccc(C(F)(F)F)c3)C2)cc1. The Labute approximate surface area is 185 Å². The average Bonchev–Trinajstić information content (AvgIpc) is 2.94. The highest BCUT2D eigenvalue weighted by atomic mass is 32.2. The van der Waals surface area contributed by atoms with Gasteiger partial charge in [0.05, 0.1) is 17.0 Å². The predicted octanol–water partition coefficient (Wildman–Crippen LogP) is 5.38. The average molecular weight is 462 g/mol. The molecule has 3 aromatic carbocycles. The molecule has 0 spiro atoms. The van der Waals surface area contributed by atoms with Crippen LogP contribution in [0.15, 0.2) is 77.7 Å². The maximum atomic E-state index is 13.3. The highest BCUT2D eigenvalue weighted by molar-refractivity contribution is 7.89. The summed E-state index contributed by atoms with van der Waals surface area (Å²) in [5, 5.41) is 0. The van der Waals surface area contributed by atoms with Gasteiger partial charge < -0.3 is 4.74 Å². The standard InChI is InChI=1S/C24H22F3NO3S/c1-17-9-11-21(12-10-17)32(29,30)28-14-13-18-5-2-3-8-22(18)23(16-28)31-20-7-4-6-19(15-20)24(25,26)27/h2-12,15,23H,13-14,16H2,1H3. The normalized spacial score (nSPS) is 17.4. The first-order chi connectivity index (χ1) is 15.1. The van der Waals surface area contributed by atoms with Gasteiger partial charge in [0.1, 0.15) is 11.9 Å². The zero-order valence-corrected chi connectivity index (χ0v) is 18.2. The molecule has 4 nitrogen and oxygen atoms in total. The van der Waals surface area contributed by atoms with E-state index < -0.39 is 27.9 Å². The Morgan fingerprint density at radius 2 is 1.69 bits per heavy atom. The summed E-state index contributed by atoms with van der Waals surface area (Å²) in [6, 6.07) is 18.6.